The molecule has 3 aromatic rings. The second kappa shape index (κ2) is 9.01. The Labute approximate surface area is 169 Å². The number of nitrogens with zero attached hydrogens (tertiary/aromatic N) is 1. The van der Waals surface area contributed by atoms with Gasteiger partial charge < -0.3 is 10.4 Å². The van der Waals surface area contributed by atoms with E-state index in [1.807, 2.05) is 62.4 Å². The third-order valence-electron chi connectivity index (χ3n) is 4.58. The van der Waals surface area contributed by atoms with Crippen molar-refractivity contribution in [1.82, 2.24) is 5.43 Å². The van der Waals surface area contributed by atoms with E-state index in [9.17, 15) is 14.7 Å². The van der Waals surface area contributed by atoms with Crippen LogP contribution in [0.25, 0.3) is 10.8 Å². The largest absolute Gasteiger partial charge is 0.507 e. The van der Waals surface area contributed by atoms with Crippen molar-refractivity contribution in [3.8, 4) is 5.75 Å². The Morgan fingerprint density at radius 3 is 2.59 bits per heavy atom. The monoisotopic (exact) mass is 389 g/mol. The van der Waals surface area contributed by atoms with E-state index in [1.54, 1.807) is 6.07 Å². The molecule has 0 radical (unpaired) electrons. The summed E-state index contributed by atoms with van der Waals surface area (Å²) in [5.41, 5.74) is 5.69. The molecule has 0 bridgehead atoms. The molecule has 6 heteroatoms. The maximum absolute atomic E-state index is 12.1. The molecule has 0 saturated heterocycles. The minimum absolute atomic E-state index is 0.00948. The molecule has 0 fully saturated rings. The van der Waals surface area contributed by atoms with Crippen LogP contribution in [0.3, 0.4) is 0 Å². The molecule has 3 N–H and O–H groups in total. The fraction of sp³-hybridized carbons (Fsp3) is 0.174. The van der Waals surface area contributed by atoms with E-state index in [1.165, 1.54) is 6.21 Å². The van der Waals surface area contributed by atoms with Crippen molar-refractivity contribution in [2.75, 3.05) is 5.32 Å². The molecule has 2 amide bonds. The van der Waals surface area contributed by atoms with Crippen molar-refractivity contribution in [3.05, 3.63) is 71.3 Å². The van der Waals surface area contributed by atoms with Crippen molar-refractivity contribution in [1.29, 1.82) is 0 Å². The van der Waals surface area contributed by atoms with Crippen molar-refractivity contribution < 1.29 is 14.7 Å². The summed E-state index contributed by atoms with van der Waals surface area (Å²) in [6.07, 6.45) is 1.47. The highest BCUT2D eigenvalue weighted by Crippen LogP contribution is 2.25. The van der Waals surface area contributed by atoms with Crippen LogP contribution in [0.15, 0.2) is 59.7 Å². The maximum Gasteiger partial charge on any atom is 0.240 e. The van der Waals surface area contributed by atoms with Crippen molar-refractivity contribution in [2.45, 2.75) is 26.7 Å². The van der Waals surface area contributed by atoms with Crippen LogP contribution in [0, 0.1) is 13.8 Å². The number of carbonyl (C=O) groups is 2. The van der Waals surface area contributed by atoms with Crippen LogP contribution in [0.2, 0.25) is 0 Å². The van der Waals surface area contributed by atoms with Gasteiger partial charge in [0.1, 0.15) is 5.75 Å². The molecule has 0 heterocycles. The molecule has 3 rings (SSSR count). The van der Waals surface area contributed by atoms with E-state index in [2.05, 4.69) is 15.8 Å². The van der Waals surface area contributed by atoms with Gasteiger partial charge >= 0.3 is 0 Å². The second-order valence-electron chi connectivity index (χ2n) is 6.88. The summed E-state index contributed by atoms with van der Waals surface area (Å²) in [6.45, 7) is 3.87. The molecule has 0 saturated carbocycles. The molecule has 148 valence electrons. The Balaban J connectivity index is 1.55. The third-order valence-corrected chi connectivity index (χ3v) is 4.58. The number of amides is 2. The molecule has 0 atom stereocenters. The number of carbonyl (C=O) groups excluding carboxylic acids is 2. The lowest BCUT2D eigenvalue weighted by Gasteiger charge is -2.09. The Kier molecular flexibility index (Phi) is 6.24. The highest BCUT2D eigenvalue weighted by Gasteiger charge is 2.09. The standard InChI is InChI=1S/C23H23N3O3/c1-15-7-8-16(2)20(13-15)25-22(28)11-12-23(29)26-24-14-19-18-6-4-3-5-17(18)9-10-21(19)27/h3-10,13-14,27H,11-12H2,1-2H3,(H,25,28)(H,26,29). The number of phenols is 1. The van der Waals surface area contributed by atoms with Crippen LogP contribution in [0.5, 0.6) is 5.75 Å². The lowest BCUT2D eigenvalue weighted by Crippen LogP contribution is -2.21. The number of benzene rings is 3. The number of fused-ring (bicyclic) bond motifs is 1. The summed E-state index contributed by atoms with van der Waals surface area (Å²) in [5, 5.41) is 18.6. The van der Waals surface area contributed by atoms with Gasteiger partial charge in [0.15, 0.2) is 0 Å². The number of aromatic hydroxyl groups is 1. The number of anilines is 1. The molecule has 6 nitrogen and oxygen atoms in total. The van der Waals surface area contributed by atoms with Crippen molar-refractivity contribution in [2.24, 2.45) is 5.10 Å². The molecule has 0 aliphatic carbocycles. The summed E-state index contributed by atoms with van der Waals surface area (Å²) in [7, 11) is 0. The summed E-state index contributed by atoms with van der Waals surface area (Å²) < 4.78 is 0. The topological polar surface area (TPSA) is 90.8 Å². The van der Waals surface area contributed by atoms with Gasteiger partial charge in [-0.3, -0.25) is 9.59 Å². The van der Waals surface area contributed by atoms with Crippen LogP contribution in [-0.4, -0.2) is 23.1 Å². The minimum Gasteiger partial charge on any atom is -0.507 e. The SMILES string of the molecule is Cc1ccc(C)c(NC(=O)CCC(=O)NN=Cc2c(O)ccc3ccccc23)c1. The molecule has 0 aliphatic heterocycles. The first-order valence-electron chi connectivity index (χ1n) is 9.34. The van der Waals surface area contributed by atoms with Gasteiger partial charge in [-0.05, 0) is 47.9 Å². The van der Waals surface area contributed by atoms with E-state index < -0.39 is 0 Å². The van der Waals surface area contributed by atoms with Gasteiger partial charge in [0.05, 0.1) is 6.21 Å². The molecule has 0 spiro atoms. The quantitative estimate of drug-likeness (QED) is 0.439. The zero-order chi connectivity index (χ0) is 20.8. The predicted octanol–water partition coefficient (Wildman–Crippen LogP) is 4.03. The fourth-order valence-corrected chi connectivity index (χ4v) is 2.95. The molecular formula is C23H23N3O3. The molecular weight excluding hydrogens is 366 g/mol. The number of aryl methyl sites for hydroxylation is 2. The summed E-state index contributed by atoms with van der Waals surface area (Å²) in [6, 6.07) is 16.8. The summed E-state index contributed by atoms with van der Waals surface area (Å²) in [4.78, 5) is 24.1. The lowest BCUT2D eigenvalue weighted by molar-refractivity contribution is -0.124. The van der Waals surface area contributed by atoms with Crippen LogP contribution in [0.1, 0.15) is 29.5 Å². The Morgan fingerprint density at radius 1 is 1.00 bits per heavy atom. The van der Waals surface area contributed by atoms with E-state index in [0.717, 1.165) is 27.6 Å². The second-order valence-corrected chi connectivity index (χ2v) is 6.88. The van der Waals surface area contributed by atoms with Crippen LogP contribution < -0.4 is 10.7 Å². The number of hydrogen-bond donors (Lipinski definition) is 3. The van der Waals surface area contributed by atoms with Gasteiger partial charge in [-0.1, -0.05) is 42.5 Å². The predicted molar refractivity (Wildman–Crippen MR) is 115 cm³/mol. The van der Waals surface area contributed by atoms with Gasteiger partial charge in [-0.2, -0.15) is 5.10 Å². The highest BCUT2D eigenvalue weighted by atomic mass is 16.3. The molecule has 0 aliphatic rings. The van der Waals surface area contributed by atoms with E-state index in [0.29, 0.717) is 5.56 Å². The smallest absolute Gasteiger partial charge is 0.240 e. The molecule has 0 aromatic heterocycles. The Hall–Kier alpha value is -3.67. The number of phenolic OH excluding ortho intramolecular Hbond substituents is 1. The first-order valence-corrected chi connectivity index (χ1v) is 9.34. The Bertz CT molecular complexity index is 1090. The van der Waals surface area contributed by atoms with Crippen LogP contribution in [0.4, 0.5) is 5.69 Å². The first kappa shape index (κ1) is 20.1. The van der Waals surface area contributed by atoms with Gasteiger partial charge in [0.25, 0.3) is 0 Å². The molecule has 0 unspecified atom stereocenters. The number of rotatable bonds is 6. The highest BCUT2D eigenvalue weighted by molar-refractivity contribution is 6.02. The van der Waals surface area contributed by atoms with Gasteiger partial charge in [-0.15, -0.1) is 0 Å². The number of hydrazone groups is 1. The zero-order valence-corrected chi connectivity index (χ0v) is 16.4. The molecule has 29 heavy (non-hydrogen) atoms. The van der Waals surface area contributed by atoms with Crippen molar-refractivity contribution in [3.63, 3.8) is 0 Å². The van der Waals surface area contributed by atoms with E-state index >= 15 is 0 Å². The number of hydrogen-bond acceptors (Lipinski definition) is 4. The average Bonchev–Trinajstić information content (AvgIpc) is 2.71. The average molecular weight is 389 g/mol. The van der Waals surface area contributed by atoms with Gasteiger partial charge in [0, 0.05) is 24.1 Å². The fourth-order valence-electron chi connectivity index (χ4n) is 2.95. The van der Waals surface area contributed by atoms with E-state index in [4.69, 9.17) is 0 Å². The Morgan fingerprint density at radius 2 is 1.76 bits per heavy atom. The van der Waals surface area contributed by atoms with Gasteiger partial charge in [-0.25, -0.2) is 5.43 Å². The lowest BCUT2D eigenvalue weighted by atomic mass is 10.0. The normalized spacial score (nSPS) is 11.0. The van der Waals surface area contributed by atoms with Crippen molar-refractivity contribution >= 4 is 34.5 Å². The van der Waals surface area contributed by atoms with Crippen LogP contribution in [-0.2, 0) is 9.59 Å². The minimum atomic E-state index is -0.378. The first-order chi connectivity index (χ1) is 13.9. The summed E-state index contributed by atoms with van der Waals surface area (Å²) in [5.74, 6) is -0.531. The zero-order valence-electron chi connectivity index (χ0n) is 16.4. The molecule has 3 aromatic carbocycles. The van der Waals surface area contributed by atoms with E-state index in [-0.39, 0.29) is 30.4 Å². The summed E-state index contributed by atoms with van der Waals surface area (Å²) >= 11 is 0. The third kappa shape index (κ3) is 5.19. The van der Waals surface area contributed by atoms with Gasteiger partial charge in [0.2, 0.25) is 11.8 Å². The number of nitrogens with one attached hydrogen (secondary N) is 2. The van der Waals surface area contributed by atoms with Crippen LogP contribution >= 0.6 is 0 Å². The maximum atomic E-state index is 12.1.